The summed E-state index contributed by atoms with van der Waals surface area (Å²) in [6, 6.07) is 1.57. The van der Waals surface area contributed by atoms with Gasteiger partial charge in [-0.1, -0.05) is 53.7 Å². The average Bonchev–Trinajstić information content (AvgIpc) is 2.81. The molecule has 8 heteroatoms. The van der Waals surface area contributed by atoms with Crippen molar-refractivity contribution in [1.82, 2.24) is 0 Å². The van der Waals surface area contributed by atoms with Crippen LogP contribution in [0.3, 0.4) is 0 Å². The third-order valence-electron chi connectivity index (χ3n) is 7.88. The third kappa shape index (κ3) is 5.49. The van der Waals surface area contributed by atoms with Gasteiger partial charge in [-0.15, -0.1) is 0 Å². The highest BCUT2D eigenvalue weighted by atomic mass is 16.6. The summed E-state index contributed by atoms with van der Waals surface area (Å²) in [4.78, 5) is 37.9. The summed E-state index contributed by atoms with van der Waals surface area (Å²) in [6.45, 7) is 11.6. The molecule has 3 fully saturated rings. The number of carbonyl (C=O) groups is 3. The summed E-state index contributed by atoms with van der Waals surface area (Å²) in [5.74, 6) is -0.377. The first-order valence-corrected chi connectivity index (χ1v) is 12.6. The molecule has 3 aliphatic rings. The number of rotatable bonds is 9. The van der Waals surface area contributed by atoms with E-state index in [9.17, 15) is 14.4 Å². The molecule has 4 rings (SSSR count). The number of hydrogen-bond donors (Lipinski definition) is 2. The molecule has 1 aromatic rings. The number of nitrogens with two attached hydrogens (primary N) is 2. The Morgan fingerprint density at radius 2 is 1.56 bits per heavy atom. The van der Waals surface area contributed by atoms with Gasteiger partial charge >= 0.3 is 11.9 Å². The Bertz CT molecular complexity index is 1040. The van der Waals surface area contributed by atoms with Crippen molar-refractivity contribution in [2.24, 2.45) is 46.5 Å². The number of ether oxygens (including phenoxy) is 3. The zero-order valence-electron chi connectivity index (χ0n) is 22.4. The maximum absolute atomic E-state index is 12.7. The van der Waals surface area contributed by atoms with Crippen LogP contribution < -0.4 is 25.7 Å². The molecule has 1 aromatic carbocycles. The summed E-state index contributed by atoms with van der Waals surface area (Å²) < 4.78 is 16.7. The van der Waals surface area contributed by atoms with Crippen molar-refractivity contribution in [2.45, 2.75) is 66.5 Å². The van der Waals surface area contributed by atoms with Crippen molar-refractivity contribution in [3.8, 4) is 17.2 Å². The summed E-state index contributed by atoms with van der Waals surface area (Å²) >= 11 is 0. The van der Waals surface area contributed by atoms with E-state index >= 15 is 0 Å². The minimum atomic E-state index is -0.866. The largest absolute Gasteiger partial charge is 0.493 e. The number of hydrogen-bond acceptors (Lipinski definition) is 8. The van der Waals surface area contributed by atoms with E-state index in [1.165, 1.54) is 7.11 Å². The SMILES string of the molecule is COc1cc(/C=C/C2CC(=O)[C@H]3C[C@@H]2C3(C)C)cc(OC(=O)[C@@H](N)C(C)C)c1OC(=O)[C@@H](N)C(C)C. The Kier molecular flexibility index (Phi) is 8.30. The number of esters is 2. The summed E-state index contributed by atoms with van der Waals surface area (Å²) in [5.41, 5.74) is 12.6. The number of methoxy groups -OCH3 is 1. The van der Waals surface area contributed by atoms with Crippen molar-refractivity contribution in [3.63, 3.8) is 0 Å². The third-order valence-corrected chi connectivity index (χ3v) is 7.88. The number of allylic oxidation sites excluding steroid dienone is 1. The van der Waals surface area contributed by atoms with Gasteiger partial charge < -0.3 is 25.7 Å². The van der Waals surface area contributed by atoms with Crippen LogP contribution in [0.25, 0.3) is 6.08 Å². The lowest BCUT2D eigenvalue weighted by Gasteiger charge is -2.58. The van der Waals surface area contributed by atoms with Crippen molar-refractivity contribution in [2.75, 3.05) is 7.11 Å². The summed E-state index contributed by atoms with van der Waals surface area (Å²) in [6.07, 6.45) is 5.38. The highest BCUT2D eigenvalue weighted by Crippen LogP contribution is 2.60. The summed E-state index contributed by atoms with van der Waals surface area (Å²) in [5, 5.41) is 0. The second-order valence-corrected chi connectivity index (χ2v) is 11.3. The molecule has 2 bridgehead atoms. The molecule has 0 aliphatic heterocycles. The second-order valence-electron chi connectivity index (χ2n) is 11.3. The van der Waals surface area contributed by atoms with Crippen LogP contribution in [0.5, 0.6) is 17.2 Å². The quantitative estimate of drug-likeness (QED) is 0.387. The van der Waals surface area contributed by atoms with Crippen molar-refractivity contribution >= 4 is 23.8 Å². The fraction of sp³-hybridized carbons (Fsp3) is 0.607. The van der Waals surface area contributed by atoms with E-state index in [4.69, 9.17) is 25.7 Å². The number of fused-ring (bicyclic) bond motifs is 2. The molecule has 0 saturated heterocycles. The number of benzene rings is 1. The van der Waals surface area contributed by atoms with E-state index in [-0.39, 0.29) is 46.3 Å². The van der Waals surface area contributed by atoms with Crippen LogP contribution >= 0.6 is 0 Å². The normalized spacial score (nSPS) is 24.4. The Hall–Kier alpha value is -2.71. The molecular formula is C28H40N2O6. The molecule has 0 spiro atoms. The molecule has 8 nitrogen and oxygen atoms in total. The summed E-state index contributed by atoms with van der Waals surface area (Å²) in [7, 11) is 1.44. The first-order valence-electron chi connectivity index (χ1n) is 12.6. The lowest BCUT2D eigenvalue weighted by molar-refractivity contribution is -0.154. The van der Waals surface area contributed by atoms with Gasteiger partial charge in [-0.2, -0.15) is 0 Å². The monoisotopic (exact) mass is 500 g/mol. The molecule has 36 heavy (non-hydrogen) atoms. The van der Waals surface area contributed by atoms with E-state index in [0.717, 1.165) is 6.42 Å². The van der Waals surface area contributed by atoms with E-state index in [0.29, 0.717) is 23.7 Å². The van der Waals surface area contributed by atoms with Crippen LogP contribution in [-0.4, -0.2) is 36.9 Å². The van der Waals surface area contributed by atoms with Gasteiger partial charge in [0.25, 0.3) is 0 Å². The van der Waals surface area contributed by atoms with Gasteiger partial charge in [0.05, 0.1) is 7.11 Å². The standard InChI is InChI=1S/C28H40N2O6/c1-14(2)23(29)26(32)35-22-11-16(8-9-17-12-20(31)19-13-18(17)28(19,5)6)10-21(34-7)25(22)36-27(33)24(30)15(3)4/h8-11,14-15,17-19,23-24H,12-13,29-30H2,1-7H3/b9-8+/t17?,18-,19+,23-,24-/m0/s1. The molecule has 198 valence electrons. The molecular weight excluding hydrogens is 460 g/mol. The van der Waals surface area contributed by atoms with Crippen LogP contribution in [0.15, 0.2) is 18.2 Å². The van der Waals surface area contributed by atoms with E-state index < -0.39 is 24.0 Å². The van der Waals surface area contributed by atoms with E-state index in [1.807, 2.05) is 26.0 Å². The molecule has 0 aromatic heterocycles. The minimum Gasteiger partial charge on any atom is -0.493 e. The first-order chi connectivity index (χ1) is 16.8. The molecule has 0 amide bonds. The van der Waals surface area contributed by atoms with Gasteiger partial charge in [0.2, 0.25) is 5.75 Å². The van der Waals surface area contributed by atoms with E-state index in [1.54, 1.807) is 26.0 Å². The molecule has 4 N–H and O–H groups in total. The predicted molar refractivity (Wildman–Crippen MR) is 137 cm³/mol. The zero-order chi connectivity index (χ0) is 26.9. The zero-order valence-corrected chi connectivity index (χ0v) is 22.4. The molecule has 1 unspecified atom stereocenters. The Labute approximate surface area is 213 Å². The van der Waals surface area contributed by atoms with Crippen LogP contribution in [0.1, 0.15) is 59.9 Å². The maximum atomic E-state index is 12.7. The lowest BCUT2D eigenvalue weighted by atomic mass is 9.45. The van der Waals surface area contributed by atoms with Gasteiger partial charge in [0.15, 0.2) is 11.5 Å². The van der Waals surface area contributed by atoms with Crippen LogP contribution in [0.2, 0.25) is 0 Å². The Morgan fingerprint density at radius 3 is 2.06 bits per heavy atom. The number of carbonyl (C=O) groups excluding carboxylic acids is 3. The van der Waals surface area contributed by atoms with Gasteiger partial charge in [-0.05, 0) is 53.2 Å². The van der Waals surface area contributed by atoms with Crippen molar-refractivity contribution in [3.05, 3.63) is 23.8 Å². The molecule has 5 atom stereocenters. The van der Waals surface area contributed by atoms with Gasteiger partial charge in [-0.25, -0.2) is 9.59 Å². The smallest absolute Gasteiger partial charge is 0.328 e. The molecule has 0 radical (unpaired) electrons. The molecule has 3 aliphatic carbocycles. The van der Waals surface area contributed by atoms with Crippen molar-refractivity contribution in [1.29, 1.82) is 0 Å². The van der Waals surface area contributed by atoms with Crippen LogP contribution in [-0.2, 0) is 14.4 Å². The Balaban J connectivity index is 1.96. The van der Waals surface area contributed by atoms with Crippen LogP contribution in [0.4, 0.5) is 0 Å². The topological polar surface area (TPSA) is 131 Å². The Morgan fingerprint density at radius 1 is 1.00 bits per heavy atom. The second kappa shape index (κ2) is 10.7. The molecule has 0 heterocycles. The van der Waals surface area contributed by atoms with Gasteiger partial charge in [-0.3, -0.25) is 4.79 Å². The van der Waals surface area contributed by atoms with E-state index in [2.05, 4.69) is 13.8 Å². The van der Waals surface area contributed by atoms with Gasteiger partial charge in [0, 0.05) is 12.3 Å². The molecule has 3 saturated carbocycles. The van der Waals surface area contributed by atoms with Crippen LogP contribution in [0, 0.1) is 35.0 Å². The average molecular weight is 501 g/mol. The van der Waals surface area contributed by atoms with Gasteiger partial charge in [0.1, 0.15) is 17.9 Å². The predicted octanol–water partition coefficient (Wildman–Crippen LogP) is 3.74. The fourth-order valence-electron chi connectivity index (χ4n) is 5.10. The maximum Gasteiger partial charge on any atom is 0.328 e. The minimum absolute atomic E-state index is 0.00292. The lowest BCUT2D eigenvalue weighted by Crippen LogP contribution is -2.56. The fourth-order valence-corrected chi connectivity index (χ4v) is 5.10. The van der Waals surface area contributed by atoms with Crippen molar-refractivity contribution < 1.29 is 28.6 Å². The number of Topliss-reactive ketones (excluding diaryl/α,β-unsaturated/α-hetero) is 1. The highest BCUT2D eigenvalue weighted by Gasteiger charge is 2.57. The first kappa shape index (κ1) is 27.9. The highest BCUT2D eigenvalue weighted by molar-refractivity contribution is 5.85. The number of ketones is 1.